The largest absolute Gasteiger partial charge is 0.247 e. The maximum Gasteiger partial charge on any atom is 0.116 e. The van der Waals surface area contributed by atoms with Crippen LogP contribution in [-0.4, -0.2) is 4.98 Å². The van der Waals surface area contributed by atoms with E-state index in [1.807, 2.05) is 6.07 Å². The highest BCUT2D eigenvalue weighted by Crippen LogP contribution is 2.60. The molecule has 0 spiro atoms. The maximum absolute atomic E-state index is 4.96. The number of benzene rings is 2. The molecule has 3 aromatic rings. The lowest BCUT2D eigenvalue weighted by atomic mass is 9.71. The zero-order valence-electron chi connectivity index (χ0n) is 12.4. The van der Waals surface area contributed by atoms with Gasteiger partial charge in [0.15, 0.2) is 0 Å². The number of nitrogens with zero attached hydrogens (tertiary/aromatic N) is 1. The van der Waals surface area contributed by atoms with Gasteiger partial charge in [0.25, 0.3) is 0 Å². The smallest absolute Gasteiger partial charge is 0.116 e. The van der Waals surface area contributed by atoms with Crippen LogP contribution in [0.3, 0.4) is 0 Å². The van der Waals surface area contributed by atoms with E-state index in [4.69, 9.17) is 4.98 Å². The van der Waals surface area contributed by atoms with E-state index < -0.39 is 0 Å². The van der Waals surface area contributed by atoms with Gasteiger partial charge >= 0.3 is 0 Å². The van der Waals surface area contributed by atoms with Crippen molar-refractivity contribution in [3.05, 3.63) is 65.7 Å². The monoisotopic (exact) mass is 415 g/mol. The molecule has 1 aromatic heterocycles. The predicted molar refractivity (Wildman–Crippen MR) is 99.7 cm³/mol. The summed E-state index contributed by atoms with van der Waals surface area (Å²) in [7, 11) is 0. The summed E-state index contributed by atoms with van der Waals surface area (Å²) in [5.74, 6) is 0. The molecule has 0 fully saturated rings. The lowest BCUT2D eigenvalue weighted by Crippen LogP contribution is -2.39. The van der Waals surface area contributed by atoms with Gasteiger partial charge in [0.05, 0.1) is 11.2 Å². The van der Waals surface area contributed by atoms with Gasteiger partial charge < -0.3 is 0 Å². The molecule has 3 heteroatoms. The second-order valence-electron chi connectivity index (χ2n) is 6.32. The molecule has 0 saturated carbocycles. The molecule has 0 aliphatic heterocycles. The van der Waals surface area contributed by atoms with Gasteiger partial charge in [-0.25, -0.2) is 4.98 Å². The second kappa shape index (κ2) is 4.65. The summed E-state index contributed by atoms with van der Waals surface area (Å²) in [5, 5.41) is 1.17. The van der Waals surface area contributed by atoms with Crippen LogP contribution in [0.25, 0.3) is 22.2 Å². The Bertz CT molecular complexity index is 897. The summed E-state index contributed by atoms with van der Waals surface area (Å²) in [6.45, 7) is 4.51. The average Bonchev–Trinajstić information content (AvgIpc) is 2.52. The van der Waals surface area contributed by atoms with Gasteiger partial charge in [0, 0.05) is 21.9 Å². The van der Waals surface area contributed by atoms with E-state index >= 15 is 0 Å². The van der Waals surface area contributed by atoms with E-state index in [-0.39, 0.29) is 8.65 Å². The molecule has 2 aromatic carbocycles. The molecule has 1 heterocycles. The first kappa shape index (κ1) is 14.4. The fraction of sp³-hybridized carbons (Fsp3) is 0.211. The van der Waals surface area contributed by atoms with Gasteiger partial charge in [-0.05, 0) is 17.7 Å². The number of fused-ring (bicyclic) bond motifs is 4. The van der Waals surface area contributed by atoms with Crippen molar-refractivity contribution in [1.82, 2.24) is 4.98 Å². The molecule has 0 radical (unpaired) electrons. The molecule has 1 aliphatic carbocycles. The lowest BCUT2D eigenvalue weighted by Gasteiger charge is -2.44. The average molecular weight is 417 g/mol. The number of aromatic nitrogens is 1. The van der Waals surface area contributed by atoms with Crippen molar-refractivity contribution in [2.75, 3.05) is 0 Å². The van der Waals surface area contributed by atoms with E-state index in [1.54, 1.807) is 0 Å². The van der Waals surface area contributed by atoms with Crippen LogP contribution < -0.4 is 0 Å². The van der Waals surface area contributed by atoms with Crippen molar-refractivity contribution in [2.24, 2.45) is 0 Å². The third-order valence-electron chi connectivity index (χ3n) is 4.70. The summed E-state index contributed by atoms with van der Waals surface area (Å²) in [4.78, 5) is 4.96. The van der Waals surface area contributed by atoms with E-state index in [9.17, 15) is 0 Å². The maximum atomic E-state index is 4.96. The molecule has 1 nitrogen and oxygen atoms in total. The Morgan fingerprint density at radius 2 is 1.55 bits per heavy atom. The van der Waals surface area contributed by atoms with Gasteiger partial charge in [-0.3, -0.25) is 0 Å². The molecule has 1 aliphatic rings. The molecule has 0 unspecified atom stereocenters. The number of hydrogen-bond acceptors (Lipinski definition) is 1. The number of rotatable bonds is 0. The third-order valence-corrected chi connectivity index (χ3v) is 7.54. The first-order valence-corrected chi connectivity index (χ1v) is 8.89. The Hall–Kier alpha value is -1.19. The summed E-state index contributed by atoms with van der Waals surface area (Å²) >= 11 is 7.89. The first-order chi connectivity index (χ1) is 10.4. The summed E-state index contributed by atoms with van der Waals surface area (Å²) < 4.78 is -0.340. The predicted octanol–water partition coefficient (Wildman–Crippen LogP) is 6.14. The van der Waals surface area contributed by atoms with Crippen molar-refractivity contribution in [3.8, 4) is 11.3 Å². The minimum Gasteiger partial charge on any atom is -0.247 e. The SMILES string of the molecule is CC1(C)c2ccccc2-c2nc3ccccc3cc2C1(Br)Br. The van der Waals surface area contributed by atoms with E-state index in [1.165, 1.54) is 22.1 Å². The molecule has 0 bridgehead atoms. The van der Waals surface area contributed by atoms with Gasteiger partial charge in [-0.1, -0.05) is 88.2 Å². The Morgan fingerprint density at radius 1 is 0.864 bits per heavy atom. The van der Waals surface area contributed by atoms with Gasteiger partial charge in [0.2, 0.25) is 0 Å². The number of alkyl halides is 2. The van der Waals surface area contributed by atoms with E-state index in [2.05, 4.69) is 94.2 Å². The van der Waals surface area contributed by atoms with Crippen molar-refractivity contribution in [2.45, 2.75) is 22.5 Å². The van der Waals surface area contributed by atoms with Crippen molar-refractivity contribution < 1.29 is 0 Å². The zero-order chi connectivity index (χ0) is 15.5. The lowest BCUT2D eigenvalue weighted by molar-refractivity contribution is 0.486. The minimum atomic E-state index is -0.340. The molecule has 0 saturated heterocycles. The topological polar surface area (TPSA) is 12.9 Å². The Kier molecular flexibility index (Phi) is 3.05. The quantitative estimate of drug-likeness (QED) is 0.401. The summed E-state index contributed by atoms with van der Waals surface area (Å²) in [6, 6.07) is 19.1. The van der Waals surface area contributed by atoms with Crippen molar-refractivity contribution >= 4 is 42.8 Å². The van der Waals surface area contributed by atoms with Crippen molar-refractivity contribution in [1.29, 1.82) is 0 Å². The van der Waals surface area contributed by atoms with Crippen LogP contribution in [0, 0.1) is 0 Å². The Balaban J connectivity index is 2.17. The molecule has 22 heavy (non-hydrogen) atoms. The number of hydrogen-bond donors (Lipinski definition) is 0. The summed E-state index contributed by atoms with van der Waals surface area (Å²) in [6.07, 6.45) is 0. The van der Waals surface area contributed by atoms with Crippen LogP contribution in [0.4, 0.5) is 0 Å². The van der Waals surface area contributed by atoms with Gasteiger partial charge in [-0.2, -0.15) is 0 Å². The number of pyridine rings is 1. The Labute approximate surface area is 147 Å². The molecule has 0 N–H and O–H groups in total. The number of halogens is 2. The van der Waals surface area contributed by atoms with E-state index in [0.29, 0.717) is 0 Å². The van der Waals surface area contributed by atoms with Crippen LogP contribution in [-0.2, 0) is 8.65 Å². The molecular weight excluding hydrogens is 402 g/mol. The summed E-state index contributed by atoms with van der Waals surface area (Å²) in [5.41, 5.74) is 5.71. The van der Waals surface area contributed by atoms with Gasteiger partial charge in [0.1, 0.15) is 3.23 Å². The minimum absolute atomic E-state index is 0.0965. The van der Waals surface area contributed by atoms with Crippen LogP contribution >= 0.6 is 31.9 Å². The Morgan fingerprint density at radius 3 is 2.36 bits per heavy atom. The van der Waals surface area contributed by atoms with Crippen LogP contribution in [0.15, 0.2) is 54.6 Å². The highest BCUT2D eigenvalue weighted by Gasteiger charge is 2.49. The molecule has 110 valence electrons. The van der Waals surface area contributed by atoms with Crippen LogP contribution in [0.1, 0.15) is 25.0 Å². The second-order valence-corrected chi connectivity index (χ2v) is 9.77. The molecule has 0 atom stereocenters. The van der Waals surface area contributed by atoms with Crippen LogP contribution in [0.2, 0.25) is 0 Å². The highest BCUT2D eigenvalue weighted by atomic mass is 79.9. The fourth-order valence-electron chi connectivity index (χ4n) is 3.30. The fourth-order valence-corrected chi connectivity index (χ4v) is 4.33. The first-order valence-electron chi connectivity index (χ1n) is 7.31. The highest BCUT2D eigenvalue weighted by molar-refractivity contribution is 9.24. The van der Waals surface area contributed by atoms with Crippen molar-refractivity contribution in [3.63, 3.8) is 0 Å². The zero-order valence-corrected chi connectivity index (χ0v) is 15.6. The third kappa shape index (κ3) is 1.79. The molecule has 4 rings (SSSR count). The molecular formula is C19H15Br2N. The molecule has 0 amide bonds. The van der Waals surface area contributed by atoms with Crippen LogP contribution in [0.5, 0.6) is 0 Å². The standard InChI is InChI=1S/C19H15Br2N/c1-18(2)14-9-5-4-8-13(14)17-15(19(18,20)21)11-12-7-3-6-10-16(12)22-17/h3-11H,1-2H3. The van der Waals surface area contributed by atoms with E-state index in [0.717, 1.165) is 11.2 Å². The normalized spacial score (nSPS) is 17.8. The van der Waals surface area contributed by atoms with Gasteiger partial charge in [-0.15, -0.1) is 0 Å². The number of para-hydroxylation sites is 1.